The molecule has 0 spiro atoms. The van der Waals surface area contributed by atoms with E-state index >= 15 is 0 Å². The number of carbonyl (C=O) groups excluding carboxylic acids is 1. The SMILES string of the molecule is CC(=O)N[C@@H](C)c1ccc(-n2ccc(-c3cnccn3)n2)cc1. The first-order chi connectivity index (χ1) is 11.1. The predicted molar refractivity (Wildman–Crippen MR) is 86.8 cm³/mol. The minimum atomic E-state index is -0.0396. The molecule has 2 aromatic heterocycles. The Morgan fingerprint density at radius 3 is 2.57 bits per heavy atom. The summed E-state index contributed by atoms with van der Waals surface area (Å²) in [6, 6.07) is 9.80. The Labute approximate surface area is 134 Å². The first kappa shape index (κ1) is 14.9. The van der Waals surface area contributed by atoms with Crippen LogP contribution in [0.1, 0.15) is 25.5 Å². The molecule has 0 aliphatic heterocycles. The lowest BCUT2D eigenvalue weighted by atomic mass is 10.1. The zero-order chi connectivity index (χ0) is 16.2. The smallest absolute Gasteiger partial charge is 0.217 e. The highest BCUT2D eigenvalue weighted by atomic mass is 16.1. The van der Waals surface area contributed by atoms with Crippen molar-refractivity contribution in [2.24, 2.45) is 0 Å². The molecule has 0 saturated heterocycles. The summed E-state index contributed by atoms with van der Waals surface area (Å²) in [6.07, 6.45) is 6.85. The van der Waals surface area contributed by atoms with E-state index in [1.807, 2.05) is 43.5 Å². The molecule has 116 valence electrons. The van der Waals surface area contributed by atoms with E-state index in [2.05, 4.69) is 20.4 Å². The van der Waals surface area contributed by atoms with Gasteiger partial charge in [-0.15, -0.1) is 0 Å². The number of aromatic nitrogens is 4. The molecule has 3 rings (SSSR count). The van der Waals surface area contributed by atoms with E-state index in [0.717, 1.165) is 22.6 Å². The molecule has 0 fully saturated rings. The van der Waals surface area contributed by atoms with Gasteiger partial charge in [-0.3, -0.25) is 14.8 Å². The minimum absolute atomic E-state index is 0.0191. The average Bonchev–Trinajstić information content (AvgIpc) is 3.05. The second-order valence-corrected chi connectivity index (χ2v) is 5.25. The molecular formula is C17H17N5O. The van der Waals surface area contributed by atoms with Crippen molar-refractivity contribution in [3.63, 3.8) is 0 Å². The zero-order valence-corrected chi connectivity index (χ0v) is 13.0. The van der Waals surface area contributed by atoms with E-state index in [0.29, 0.717) is 0 Å². The van der Waals surface area contributed by atoms with Crippen LogP contribution in [0.5, 0.6) is 0 Å². The number of nitrogens with zero attached hydrogens (tertiary/aromatic N) is 4. The van der Waals surface area contributed by atoms with Crippen molar-refractivity contribution in [2.75, 3.05) is 0 Å². The molecule has 6 nitrogen and oxygen atoms in total. The Kier molecular flexibility index (Phi) is 4.14. The molecule has 6 heteroatoms. The Morgan fingerprint density at radius 1 is 1.13 bits per heavy atom. The minimum Gasteiger partial charge on any atom is -0.350 e. The Bertz CT molecular complexity index is 795. The van der Waals surface area contributed by atoms with Gasteiger partial charge in [0.2, 0.25) is 5.91 Å². The quantitative estimate of drug-likeness (QED) is 0.804. The molecule has 3 aromatic rings. The lowest BCUT2D eigenvalue weighted by molar-refractivity contribution is -0.119. The van der Waals surface area contributed by atoms with E-state index in [9.17, 15) is 4.79 Å². The van der Waals surface area contributed by atoms with E-state index in [-0.39, 0.29) is 11.9 Å². The van der Waals surface area contributed by atoms with Crippen LogP contribution >= 0.6 is 0 Å². The fraction of sp³-hybridized carbons (Fsp3) is 0.176. The van der Waals surface area contributed by atoms with Gasteiger partial charge in [-0.25, -0.2) is 4.68 Å². The third-order valence-corrected chi connectivity index (χ3v) is 3.49. The van der Waals surface area contributed by atoms with Crippen LogP contribution in [0.3, 0.4) is 0 Å². The van der Waals surface area contributed by atoms with Gasteiger partial charge in [0.15, 0.2) is 0 Å². The number of benzene rings is 1. The van der Waals surface area contributed by atoms with Crippen LogP contribution in [0.2, 0.25) is 0 Å². The molecule has 0 bridgehead atoms. The number of rotatable bonds is 4. The summed E-state index contributed by atoms with van der Waals surface area (Å²) in [6.45, 7) is 3.47. The molecule has 1 N–H and O–H groups in total. The van der Waals surface area contributed by atoms with Crippen molar-refractivity contribution in [1.82, 2.24) is 25.1 Å². The highest BCUT2D eigenvalue weighted by molar-refractivity contribution is 5.73. The van der Waals surface area contributed by atoms with Crippen LogP contribution in [0, 0.1) is 0 Å². The highest BCUT2D eigenvalue weighted by Crippen LogP contribution is 2.18. The van der Waals surface area contributed by atoms with Gasteiger partial charge in [-0.05, 0) is 30.7 Å². The van der Waals surface area contributed by atoms with E-state index in [1.165, 1.54) is 6.92 Å². The number of hydrogen-bond acceptors (Lipinski definition) is 4. The Balaban J connectivity index is 1.80. The van der Waals surface area contributed by atoms with Gasteiger partial charge in [0.1, 0.15) is 11.4 Å². The monoisotopic (exact) mass is 307 g/mol. The molecule has 0 saturated carbocycles. The van der Waals surface area contributed by atoms with E-state index in [4.69, 9.17) is 0 Å². The largest absolute Gasteiger partial charge is 0.350 e. The maximum atomic E-state index is 11.1. The lowest BCUT2D eigenvalue weighted by Crippen LogP contribution is -2.23. The molecule has 2 heterocycles. The van der Waals surface area contributed by atoms with Crippen molar-refractivity contribution < 1.29 is 4.79 Å². The van der Waals surface area contributed by atoms with Crippen molar-refractivity contribution in [3.05, 3.63) is 60.7 Å². The summed E-state index contributed by atoms with van der Waals surface area (Å²) in [7, 11) is 0. The van der Waals surface area contributed by atoms with Crippen molar-refractivity contribution in [2.45, 2.75) is 19.9 Å². The number of carbonyl (C=O) groups is 1. The Morgan fingerprint density at radius 2 is 1.91 bits per heavy atom. The van der Waals surface area contributed by atoms with Gasteiger partial charge in [0.05, 0.1) is 17.9 Å². The van der Waals surface area contributed by atoms with E-state index in [1.54, 1.807) is 23.3 Å². The first-order valence-electron chi connectivity index (χ1n) is 7.33. The third kappa shape index (κ3) is 3.42. The van der Waals surface area contributed by atoms with Gasteiger partial charge in [0.25, 0.3) is 0 Å². The maximum Gasteiger partial charge on any atom is 0.217 e. The lowest BCUT2D eigenvalue weighted by Gasteiger charge is -2.13. The maximum absolute atomic E-state index is 11.1. The summed E-state index contributed by atoms with van der Waals surface area (Å²) < 4.78 is 1.79. The molecule has 0 aliphatic rings. The standard InChI is InChI=1S/C17H17N5O/c1-12(20-13(2)23)14-3-5-15(6-4-14)22-10-7-16(21-22)17-11-18-8-9-19-17/h3-12H,1-2H3,(H,20,23)/t12-/m0/s1. The van der Waals surface area contributed by atoms with Gasteiger partial charge >= 0.3 is 0 Å². The number of hydrogen-bond donors (Lipinski definition) is 1. The van der Waals surface area contributed by atoms with Crippen LogP contribution < -0.4 is 5.32 Å². The second kappa shape index (κ2) is 6.39. The van der Waals surface area contributed by atoms with Crippen LogP contribution in [-0.2, 0) is 4.79 Å². The summed E-state index contributed by atoms with van der Waals surface area (Å²) in [5.74, 6) is -0.0396. The zero-order valence-electron chi connectivity index (χ0n) is 13.0. The number of amides is 1. The first-order valence-corrected chi connectivity index (χ1v) is 7.33. The van der Waals surface area contributed by atoms with Gasteiger partial charge < -0.3 is 5.32 Å². The summed E-state index contributed by atoms with van der Waals surface area (Å²) >= 11 is 0. The molecule has 23 heavy (non-hydrogen) atoms. The van der Waals surface area contributed by atoms with Gasteiger partial charge in [-0.2, -0.15) is 5.10 Å². The number of nitrogens with one attached hydrogen (secondary N) is 1. The van der Waals surface area contributed by atoms with Gasteiger partial charge in [0, 0.05) is 25.5 Å². The summed E-state index contributed by atoms with van der Waals surface area (Å²) in [4.78, 5) is 19.4. The second-order valence-electron chi connectivity index (χ2n) is 5.25. The van der Waals surface area contributed by atoms with Crippen molar-refractivity contribution >= 4 is 5.91 Å². The predicted octanol–water partition coefficient (Wildman–Crippen LogP) is 2.53. The molecule has 0 aliphatic carbocycles. The van der Waals surface area contributed by atoms with Crippen LogP contribution in [-0.4, -0.2) is 25.7 Å². The average molecular weight is 307 g/mol. The summed E-state index contributed by atoms with van der Waals surface area (Å²) in [5.41, 5.74) is 3.50. The Hall–Kier alpha value is -3.02. The molecule has 0 radical (unpaired) electrons. The fourth-order valence-electron chi connectivity index (χ4n) is 2.34. The molecule has 1 aromatic carbocycles. The highest BCUT2D eigenvalue weighted by Gasteiger charge is 2.08. The molecule has 1 amide bonds. The third-order valence-electron chi connectivity index (χ3n) is 3.49. The van der Waals surface area contributed by atoms with Crippen LogP contribution in [0.4, 0.5) is 0 Å². The van der Waals surface area contributed by atoms with Crippen LogP contribution in [0.15, 0.2) is 55.1 Å². The molecule has 1 atom stereocenters. The van der Waals surface area contributed by atoms with Crippen molar-refractivity contribution in [1.29, 1.82) is 0 Å². The molecule has 0 unspecified atom stereocenters. The fourth-order valence-corrected chi connectivity index (χ4v) is 2.34. The van der Waals surface area contributed by atoms with Crippen molar-refractivity contribution in [3.8, 4) is 17.1 Å². The summed E-state index contributed by atoms with van der Waals surface area (Å²) in [5, 5.41) is 7.39. The van der Waals surface area contributed by atoms with E-state index < -0.39 is 0 Å². The normalized spacial score (nSPS) is 11.9. The molecular weight excluding hydrogens is 290 g/mol. The topological polar surface area (TPSA) is 72.7 Å². The van der Waals surface area contributed by atoms with Crippen LogP contribution in [0.25, 0.3) is 17.1 Å². The van der Waals surface area contributed by atoms with Gasteiger partial charge in [-0.1, -0.05) is 12.1 Å².